The molecule has 3 unspecified atom stereocenters. The van der Waals surface area contributed by atoms with E-state index in [4.69, 9.17) is 21.4 Å². The van der Waals surface area contributed by atoms with Gasteiger partial charge in [-0.15, -0.1) is 5.10 Å². The number of rotatable bonds is 2. The molecule has 0 spiro atoms. The molecule has 0 radical (unpaired) electrons. The molecule has 3 saturated heterocycles. The van der Waals surface area contributed by atoms with Crippen LogP contribution in [0.2, 0.25) is 5.15 Å². The number of nitrogens with zero attached hydrogens (tertiary/aromatic N) is 4. The molecule has 3 aliphatic rings. The van der Waals surface area contributed by atoms with Crippen molar-refractivity contribution >= 4 is 56.7 Å². The third kappa shape index (κ3) is 2.04. The SMILES string of the molecule is Clc1cc2c(cn1)c(N1CC3CC(C1)O3)nn2PI. The highest BCUT2D eigenvalue weighted by atomic mass is 127. The van der Waals surface area contributed by atoms with Crippen LogP contribution in [0, 0.1) is 0 Å². The van der Waals surface area contributed by atoms with Crippen LogP contribution in [-0.4, -0.2) is 39.8 Å². The molecule has 5 nitrogen and oxygen atoms in total. The highest BCUT2D eigenvalue weighted by Gasteiger charge is 2.39. The lowest BCUT2D eigenvalue weighted by atomic mass is 9.99. The van der Waals surface area contributed by atoms with Gasteiger partial charge < -0.3 is 9.64 Å². The first-order valence-electron chi connectivity index (χ1n) is 6.06. The van der Waals surface area contributed by atoms with E-state index in [0.29, 0.717) is 23.7 Å². The van der Waals surface area contributed by atoms with E-state index < -0.39 is 0 Å². The second-order valence-electron chi connectivity index (χ2n) is 4.86. The maximum atomic E-state index is 5.99. The van der Waals surface area contributed by atoms with Gasteiger partial charge in [0.25, 0.3) is 0 Å². The van der Waals surface area contributed by atoms with Gasteiger partial charge in [-0.2, -0.15) is 0 Å². The Bertz CT molecular complexity index is 635. The fourth-order valence-corrected chi connectivity index (χ4v) is 4.46. The number of pyridine rings is 1. The van der Waals surface area contributed by atoms with Crippen LogP contribution in [0.25, 0.3) is 10.9 Å². The van der Waals surface area contributed by atoms with E-state index >= 15 is 0 Å². The van der Waals surface area contributed by atoms with Crippen LogP contribution in [0.5, 0.6) is 0 Å². The van der Waals surface area contributed by atoms with Crippen LogP contribution >= 0.6 is 40.0 Å². The van der Waals surface area contributed by atoms with Gasteiger partial charge in [0, 0.05) is 31.8 Å². The van der Waals surface area contributed by atoms with Crippen LogP contribution in [0.4, 0.5) is 5.82 Å². The molecule has 3 fully saturated rings. The normalized spacial score (nSPS) is 26.3. The van der Waals surface area contributed by atoms with Gasteiger partial charge in [-0.3, -0.25) is 0 Å². The Balaban J connectivity index is 1.81. The summed E-state index contributed by atoms with van der Waals surface area (Å²) in [6, 6.07) is 1.89. The zero-order valence-electron chi connectivity index (χ0n) is 9.88. The zero-order valence-corrected chi connectivity index (χ0v) is 13.8. The zero-order chi connectivity index (χ0) is 13.0. The number of ether oxygens (including phenoxy) is 1. The number of hydrogen-bond donors (Lipinski definition) is 0. The third-order valence-corrected chi connectivity index (χ3v) is 5.73. The van der Waals surface area contributed by atoms with Crippen molar-refractivity contribution in [2.24, 2.45) is 0 Å². The summed E-state index contributed by atoms with van der Waals surface area (Å²) < 4.78 is 7.68. The molecule has 0 amide bonds. The van der Waals surface area contributed by atoms with E-state index in [-0.39, 0.29) is 0 Å². The Hall–Kier alpha value is -0.170. The molecule has 100 valence electrons. The van der Waals surface area contributed by atoms with Crippen molar-refractivity contribution in [1.82, 2.24) is 14.5 Å². The van der Waals surface area contributed by atoms with Crippen molar-refractivity contribution < 1.29 is 4.74 Å². The van der Waals surface area contributed by atoms with Gasteiger partial charge in [0.1, 0.15) is 5.15 Å². The molecule has 0 aromatic carbocycles. The van der Waals surface area contributed by atoms with E-state index in [9.17, 15) is 0 Å². The Kier molecular flexibility index (Phi) is 3.10. The number of fused-ring (bicyclic) bond motifs is 3. The Labute approximate surface area is 130 Å². The molecule has 19 heavy (non-hydrogen) atoms. The molecule has 8 heteroatoms. The van der Waals surface area contributed by atoms with E-state index in [1.165, 1.54) is 6.42 Å². The molecule has 0 aliphatic carbocycles. The Morgan fingerprint density at radius 3 is 2.84 bits per heavy atom. The minimum atomic E-state index is 0.376. The molecule has 0 saturated carbocycles. The van der Waals surface area contributed by atoms with Crippen LogP contribution in [0.1, 0.15) is 6.42 Å². The monoisotopic (exact) mass is 408 g/mol. The lowest BCUT2D eigenvalue weighted by Crippen LogP contribution is -2.57. The molecule has 5 rings (SSSR count). The molecular formula is C11H11ClIN4OP. The predicted molar refractivity (Wildman–Crippen MR) is 85.8 cm³/mol. The molecule has 3 atom stereocenters. The van der Waals surface area contributed by atoms with Gasteiger partial charge >= 0.3 is 0 Å². The Morgan fingerprint density at radius 2 is 2.16 bits per heavy atom. The van der Waals surface area contributed by atoms with Crippen LogP contribution in [-0.2, 0) is 4.74 Å². The first kappa shape index (κ1) is 12.6. The molecule has 2 aromatic heterocycles. The minimum absolute atomic E-state index is 0.376. The van der Waals surface area contributed by atoms with Gasteiger partial charge in [-0.1, -0.05) is 11.6 Å². The van der Waals surface area contributed by atoms with Gasteiger partial charge in [0.05, 0.1) is 29.5 Å². The molecule has 2 aromatic rings. The summed E-state index contributed by atoms with van der Waals surface area (Å²) in [5.41, 5.74) is 1.06. The third-order valence-electron chi connectivity index (χ3n) is 3.65. The van der Waals surface area contributed by atoms with Gasteiger partial charge in [-0.05, 0) is 22.0 Å². The average Bonchev–Trinajstić information content (AvgIpc) is 2.76. The Morgan fingerprint density at radius 1 is 1.42 bits per heavy atom. The van der Waals surface area contributed by atoms with E-state index in [1.807, 2.05) is 16.7 Å². The van der Waals surface area contributed by atoms with E-state index in [0.717, 1.165) is 29.8 Å². The first-order chi connectivity index (χ1) is 9.24. The largest absolute Gasteiger partial charge is 0.371 e. The summed E-state index contributed by atoms with van der Waals surface area (Å²) in [5, 5.41) is 6.31. The van der Waals surface area contributed by atoms with Crippen LogP contribution in [0.3, 0.4) is 0 Å². The van der Waals surface area contributed by atoms with Crippen molar-refractivity contribution in [3.8, 4) is 0 Å². The number of hydrogen-bond acceptors (Lipinski definition) is 4. The average molecular weight is 409 g/mol. The van der Waals surface area contributed by atoms with Crippen molar-refractivity contribution in [2.45, 2.75) is 18.6 Å². The molecule has 2 bridgehead atoms. The summed E-state index contributed by atoms with van der Waals surface area (Å²) in [5.74, 6) is 1.02. The highest BCUT2D eigenvalue weighted by Crippen LogP contribution is 2.37. The number of aromatic nitrogens is 3. The lowest BCUT2D eigenvalue weighted by molar-refractivity contribution is -0.133. The topological polar surface area (TPSA) is 43.2 Å². The highest BCUT2D eigenvalue weighted by molar-refractivity contribution is 14.2. The van der Waals surface area contributed by atoms with Gasteiger partial charge in [0.15, 0.2) is 5.82 Å². The van der Waals surface area contributed by atoms with Gasteiger partial charge in [-0.25, -0.2) is 9.44 Å². The van der Waals surface area contributed by atoms with Crippen molar-refractivity contribution in [2.75, 3.05) is 18.0 Å². The van der Waals surface area contributed by atoms with Crippen LogP contribution < -0.4 is 4.90 Å². The number of morpholine rings is 1. The maximum Gasteiger partial charge on any atom is 0.160 e. The minimum Gasteiger partial charge on any atom is -0.371 e. The van der Waals surface area contributed by atoms with E-state index in [2.05, 4.69) is 31.9 Å². The number of halogens is 2. The fourth-order valence-electron chi connectivity index (χ4n) is 2.80. The molecular weight excluding hydrogens is 397 g/mol. The van der Waals surface area contributed by atoms with Crippen LogP contribution in [0.15, 0.2) is 12.3 Å². The lowest BCUT2D eigenvalue weighted by Gasteiger charge is -2.47. The van der Waals surface area contributed by atoms with Gasteiger partial charge in [0.2, 0.25) is 0 Å². The van der Waals surface area contributed by atoms with Crippen molar-refractivity contribution in [3.05, 3.63) is 17.4 Å². The number of anilines is 1. The number of piperidine rings is 1. The summed E-state index contributed by atoms with van der Waals surface area (Å²) >= 11 is 8.32. The second-order valence-corrected chi connectivity index (χ2v) is 7.29. The quantitative estimate of drug-likeness (QED) is 0.435. The van der Waals surface area contributed by atoms with Crippen molar-refractivity contribution in [1.29, 1.82) is 0 Å². The predicted octanol–water partition coefficient (Wildman–Crippen LogP) is 2.85. The maximum absolute atomic E-state index is 5.99. The molecule has 5 heterocycles. The smallest absolute Gasteiger partial charge is 0.160 e. The van der Waals surface area contributed by atoms with Crippen molar-refractivity contribution in [3.63, 3.8) is 0 Å². The van der Waals surface area contributed by atoms with E-state index in [1.54, 1.807) is 0 Å². The second kappa shape index (κ2) is 4.69. The standard InChI is InChI=1S/C11H11ClIN4OP/c12-10-2-9-8(3-14-10)11(15-17(9)19-13)16-4-6-1-7(5-16)18-6/h2-3,6-7,19H,1,4-5H2. The fraction of sp³-hybridized carbons (Fsp3) is 0.455. The summed E-state index contributed by atoms with van der Waals surface area (Å²) in [6.07, 6.45) is 4.32. The molecule has 3 aliphatic heterocycles. The molecule has 0 N–H and O–H groups in total. The summed E-state index contributed by atoms with van der Waals surface area (Å²) in [4.78, 5) is 6.51. The summed E-state index contributed by atoms with van der Waals surface area (Å²) in [6.45, 7) is 1.85. The summed E-state index contributed by atoms with van der Waals surface area (Å²) in [7, 11) is 0. The first-order valence-corrected chi connectivity index (χ1v) is 10.5.